The summed E-state index contributed by atoms with van der Waals surface area (Å²) < 4.78 is 46.5. The van der Waals surface area contributed by atoms with Gasteiger partial charge in [0, 0.05) is 42.2 Å². The number of benzene rings is 1. The van der Waals surface area contributed by atoms with Crippen molar-refractivity contribution >= 4 is 11.6 Å². The van der Waals surface area contributed by atoms with Crippen molar-refractivity contribution in [3.63, 3.8) is 0 Å². The zero-order valence-corrected chi connectivity index (χ0v) is 18.4. The normalized spacial score (nSPS) is 29.2. The summed E-state index contributed by atoms with van der Waals surface area (Å²) >= 11 is 0. The quantitative estimate of drug-likeness (QED) is 0.709. The Morgan fingerprint density at radius 3 is 2.75 bits per heavy atom. The van der Waals surface area contributed by atoms with E-state index >= 15 is 0 Å². The van der Waals surface area contributed by atoms with Crippen LogP contribution in [0, 0.1) is 11.8 Å². The number of alkyl halides is 3. The third kappa shape index (κ3) is 4.86. The van der Waals surface area contributed by atoms with Crippen molar-refractivity contribution in [2.24, 2.45) is 11.8 Å². The molecule has 8 heteroatoms. The van der Waals surface area contributed by atoms with Gasteiger partial charge in [0.15, 0.2) is 0 Å². The third-order valence-electron chi connectivity index (χ3n) is 6.56. The van der Waals surface area contributed by atoms with Crippen LogP contribution in [-0.2, 0) is 15.7 Å². The summed E-state index contributed by atoms with van der Waals surface area (Å²) in [6.07, 6.45) is 4.72. The van der Waals surface area contributed by atoms with E-state index in [1.165, 1.54) is 12.1 Å². The van der Waals surface area contributed by atoms with Gasteiger partial charge in [0.2, 0.25) is 5.91 Å². The second kappa shape index (κ2) is 9.27. The van der Waals surface area contributed by atoms with E-state index in [1.807, 2.05) is 31.1 Å². The van der Waals surface area contributed by atoms with Gasteiger partial charge in [-0.25, -0.2) is 0 Å². The number of halogens is 3. The average Bonchev–Trinajstić information content (AvgIpc) is 2.77. The third-order valence-corrected chi connectivity index (χ3v) is 6.56. The second-order valence-corrected chi connectivity index (χ2v) is 9.06. The van der Waals surface area contributed by atoms with E-state index in [-0.39, 0.29) is 23.8 Å². The highest BCUT2D eigenvalue weighted by Crippen LogP contribution is 2.49. The molecule has 1 saturated heterocycles. The van der Waals surface area contributed by atoms with Gasteiger partial charge in [0.1, 0.15) is 6.10 Å². The number of amides is 1. The van der Waals surface area contributed by atoms with Gasteiger partial charge in [-0.05, 0) is 51.6 Å². The first-order chi connectivity index (χ1) is 15.2. The number of ether oxygens (including phenoxy) is 1. The number of carbonyl (C=O) groups is 1. The molecule has 5 atom stereocenters. The Bertz CT molecular complexity index is 897. The molecule has 2 aliphatic heterocycles. The van der Waals surface area contributed by atoms with Gasteiger partial charge in [-0.2, -0.15) is 13.2 Å². The van der Waals surface area contributed by atoms with E-state index in [0.29, 0.717) is 37.2 Å². The fourth-order valence-electron chi connectivity index (χ4n) is 4.91. The van der Waals surface area contributed by atoms with Crippen molar-refractivity contribution in [1.29, 1.82) is 0 Å². The molecule has 1 aromatic rings. The molecule has 2 unspecified atom stereocenters. The monoisotopic (exact) mass is 449 g/mol. The maximum Gasteiger partial charge on any atom is 0.416 e. The Kier molecular flexibility index (Phi) is 6.62. The lowest BCUT2D eigenvalue weighted by atomic mass is 9.73. The number of anilines is 1. The maximum atomic E-state index is 13.4. The van der Waals surface area contributed by atoms with E-state index in [2.05, 4.69) is 22.8 Å². The molecular weight excluding hydrogens is 419 g/mol. The summed E-state index contributed by atoms with van der Waals surface area (Å²) in [4.78, 5) is 14.7. The Morgan fingerprint density at radius 1 is 1.25 bits per heavy atom. The van der Waals surface area contributed by atoms with Gasteiger partial charge in [0.25, 0.3) is 0 Å². The smallest absolute Gasteiger partial charge is 0.381 e. The number of carbonyl (C=O) groups excluding carboxylic acids is 1. The molecule has 0 bridgehead atoms. The van der Waals surface area contributed by atoms with Crippen molar-refractivity contribution in [3.8, 4) is 0 Å². The van der Waals surface area contributed by atoms with Gasteiger partial charge >= 0.3 is 6.18 Å². The van der Waals surface area contributed by atoms with E-state index < -0.39 is 23.9 Å². The molecule has 1 aromatic carbocycles. The van der Waals surface area contributed by atoms with Crippen LogP contribution >= 0.6 is 0 Å². The van der Waals surface area contributed by atoms with Crippen molar-refractivity contribution in [2.75, 3.05) is 32.5 Å². The van der Waals surface area contributed by atoms with Crippen molar-refractivity contribution < 1.29 is 22.7 Å². The molecule has 3 aliphatic rings. The van der Waals surface area contributed by atoms with Crippen LogP contribution in [-0.4, -0.2) is 50.1 Å². The Balaban J connectivity index is 1.60. The van der Waals surface area contributed by atoms with Gasteiger partial charge in [-0.15, -0.1) is 0 Å². The lowest BCUT2D eigenvalue weighted by Gasteiger charge is -2.47. The highest BCUT2D eigenvalue weighted by molar-refractivity contribution is 5.81. The molecule has 0 spiro atoms. The highest BCUT2D eigenvalue weighted by atomic mass is 19.4. The first kappa shape index (κ1) is 22.9. The first-order valence-electron chi connectivity index (χ1n) is 11.1. The molecule has 1 aliphatic carbocycles. The topological polar surface area (TPSA) is 53.6 Å². The number of rotatable bonds is 5. The van der Waals surface area contributed by atoms with E-state index in [0.717, 1.165) is 12.5 Å². The Hall–Kier alpha value is -2.32. The summed E-state index contributed by atoms with van der Waals surface area (Å²) in [5.41, 5.74) is 0.444. The van der Waals surface area contributed by atoms with Crippen LogP contribution in [0.2, 0.25) is 0 Å². The van der Waals surface area contributed by atoms with Crippen LogP contribution in [0.1, 0.15) is 36.5 Å². The molecule has 2 N–H and O–H groups in total. The van der Waals surface area contributed by atoms with Crippen LogP contribution in [0.15, 0.2) is 42.5 Å². The SMILES string of the molecule is CN(C)CCNC(=O)C1CC[C@@H]2[C@H](O1)c1cc(C(F)(F)F)ccc1N[C@H]2C1C=CC=CC1. The number of likely N-dealkylation sites (N-methyl/N-ethyl adjacent to an activating group) is 1. The summed E-state index contributed by atoms with van der Waals surface area (Å²) in [7, 11) is 3.85. The minimum absolute atomic E-state index is 0.0158. The van der Waals surface area contributed by atoms with E-state index in [1.54, 1.807) is 0 Å². The molecule has 0 saturated carbocycles. The zero-order chi connectivity index (χ0) is 22.9. The molecule has 174 valence electrons. The molecule has 0 aromatic heterocycles. The molecule has 5 nitrogen and oxygen atoms in total. The van der Waals surface area contributed by atoms with Crippen molar-refractivity contribution in [2.45, 2.75) is 43.7 Å². The molecule has 2 heterocycles. The minimum atomic E-state index is -4.43. The molecule has 0 radical (unpaired) electrons. The molecule has 4 rings (SSSR count). The van der Waals surface area contributed by atoms with Crippen LogP contribution in [0.3, 0.4) is 0 Å². The zero-order valence-electron chi connectivity index (χ0n) is 18.4. The summed E-state index contributed by atoms with van der Waals surface area (Å²) in [6, 6.07) is 3.81. The number of nitrogens with one attached hydrogen (secondary N) is 2. The predicted octanol–water partition coefficient (Wildman–Crippen LogP) is 4.15. The van der Waals surface area contributed by atoms with Gasteiger partial charge in [-0.3, -0.25) is 4.79 Å². The minimum Gasteiger partial charge on any atom is -0.381 e. The van der Waals surface area contributed by atoms with Gasteiger partial charge in [-0.1, -0.05) is 24.3 Å². The standard InChI is InChI=1S/C24H30F3N3O2/c1-30(2)13-12-28-23(31)20-11-9-17-21(15-6-4-3-5-7-15)29-19-10-8-16(24(25,26)27)14-18(19)22(17)32-20/h3-6,8,10,14-15,17,20-22,29H,7,9,11-13H2,1-2H3,(H,28,31)/t15?,17-,20?,21-,22-/m0/s1. The first-order valence-corrected chi connectivity index (χ1v) is 11.1. The van der Waals surface area contributed by atoms with Crippen LogP contribution in [0.5, 0.6) is 0 Å². The lowest BCUT2D eigenvalue weighted by molar-refractivity contribution is -0.150. The van der Waals surface area contributed by atoms with Gasteiger partial charge in [0.05, 0.1) is 11.7 Å². The average molecular weight is 450 g/mol. The second-order valence-electron chi connectivity index (χ2n) is 9.06. The Labute approximate surface area is 186 Å². The molecule has 32 heavy (non-hydrogen) atoms. The fourth-order valence-corrected chi connectivity index (χ4v) is 4.91. The van der Waals surface area contributed by atoms with E-state index in [9.17, 15) is 18.0 Å². The van der Waals surface area contributed by atoms with Crippen LogP contribution in [0.25, 0.3) is 0 Å². The Morgan fingerprint density at radius 2 is 2.06 bits per heavy atom. The predicted molar refractivity (Wildman–Crippen MR) is 117 cm³/mol. The molecule has 1 fully saturated rings. The number of nitrogens with zero attached hydrogens (tertiary/aromatic N) is 1. The number of hydrogen-bond acceptors (Lipinski definition) is 4. The molecule has 1 amide bonds. The summed E-state index contributed by atoms with van der Waals surface area (Å²) in [5, 5.41) is 6.39. The number of fused-ring (bicyclic) bond motifs is 3. The van der Waals surface area contributed by atoms with Crippen molar-refractivity contribution in [1.82, 2.24) is 10.2 Å². The largest absolute Gasteiger partial charge is 0.416 e. The number of hydrogen-bond donors (Lipinski definition) is 2. The maximum absolute atomic E-state index is 13.4. The van der Waals surface area contributed by atoms with E-state index in [4.69, 9.17) is 4.74 Å². The summed E-state index contributed by atoms with van der Waals surface area (Å²) in [6.45, 7) is 1.20. The number of allylic oxidation sites excluding steroid dienone is 3. The highest BCUT2D eigenvalue weighted by Gasteiger charge is 2.46. The summed E-state index contributed by atoms with van der Waals surface area (Å²) in [5.74, 6) is 0.00405. The molecular formula is C24H30F3N3O2. The lowest BCUT2D eigenvalue weighted by Crippen LogP contribution is -2.50. The fraction of sp³-hybridized carbons (Fsp3) is 0.542. The van der Waals surface area contributed by atoms with Gasteiger partial charge < -0.3 is 20.3 Å². The van der Waals surface area contributed by atoms with Crippen molar-refractivity contribution in [3.05, 3.63) is 53.6 Å². The van der Waals surface area contributed by atoms with Crippen LogP contribution in [0.4, 0.5) is 18.9 Å². The van der Waals surface area contributed by atoms with Crippen LogP contribution < -0.4 is 10.6 Å².